The number of hydrogen-bond donors (Lipinski definition) is 0. The number of hydrogen-bond acceptors (Lipinski definition) is 7. The third-order valence-electron chi connectivity index (χ3n) is 4.58. The van der Waals surface area contributed by atoms with Crippen molar-refractivity contribution in [2.75, 3.05) is 21.3 Å². The molecule has 0 aliphatic rings. The highest BCUT2D eigenvalue weighted by Gasteiger charge is 2.18. The molecule has 0 saturated heterocycles. The molecule has 0 spiro atoms. The molecule has 1 heterocycles. The summed E-state index contributed by atoms with van der Waals surface area (Å²) in [6, 6.07) is 11.4. The molecule has 0 saturated carbocycles. The van der Waals surface area contributed by atoms with Crippen LogP contribution in [0, 0.1) is 0 Å². The smallest absolute Gasteiger partial charge is 0.325 e. The first-order chi connectivity index (χ1) is 15.4. The molecule has 1 aromatic heterocycles. The summed E-state index contributed by atoms with van der Waals surface area (Å²) in [5.41, 5.74) is 1.51. The number of esters is 1. The number of rotatable bonds is 8. The van der Waals surface area contributed by atoms with Crippen molar-refractivity contribution in [2.45, 2.75) is 37.0 Å². The molecule has 0 N–H and O–H groups in total. The highest BCUT2D eigenvalue weighted by Crippen LogP contribution is 2.35. The van der Waals surface area contributed by atoms with Crippen LogP contribution in [0.15, 0.2) is 46.3 Å². The molecule has 1 amide bonds. The Morgan fingerprint density at radius 3 is 2.28 bits per heavy atom. The molecule has 32 heavy (non-hydrogen) atoms. The van der Waals surface area contributed by atoms with Crippen LogP contribution in [0.25, 0.3) is 10.2 Å². The quantitative estimate of drug-likeness (QED) is 0.362. The van der Waals surface area contributed by atoms with E-state index in [2.05, 4.69) is 18.8 Å². The minimum absolute atomic E-state index is 0.104. The zero-order valence-corrected chi connectivity index (χ0v) is 20.3. The number of nitrogens with zero attached hydrogens (tertiary/aromatic N) is 2. The van der Waals surface area contributed by atoms with E-state index in [1.165, 1.54) is 18.4 Å². The molecule has 3 rings (SSSR count). The predicted octanol–water partition coefficient (Wildman–Crippen LogP) is 4.06. The topological polar surface area (TPSA) is 79.1 Å². The van der Waals surface area contributed by atoms with Gasteiger partial charge in [0.2, 0.25) is 0 Å². The minimum atomic E-state index is -0.457. The van der Waals surface area contributed by atoms with Gasteiger partial charge in [0.25, 0.3) is 5.91 Å². The van der Waals surface area contributed by atoms with Gasteiger partial charge in [-0.1, -0.05) is 37.3 Å². The SMILES string of the molecule is COC(=O)Cn1c(=NC(=O)Cc2ccc(SC(C)C)cc2)sc2c(OC)ccc(OC)c21. The number of benzene rings is 2. The molecule has 0 radical (unpaired) electrons. The first kappa shape index (κ1) is 23.9. The molecule has 0 aliphatic carbocycles. The van der Waals surface area contributed by atoms with Gasteiger partial charge in [0.15, 0.2) is 4.80 Å². The maximum atomic E-state index is 12.8. The third-order valence-corrected chi connectivity index (χ3v) is 6.69. The first-order valence-electron chi connectivity index (χ1n) is 10.0. The van der Waals surface area contributed by atoms with Gasteiger partial charge in [0.05, 0.1) is 27.8 Å². The number of methoxy groups -OCH3 is 3. The molecule has 2 aromatic carbocycles. The van der Waals surface area contributed by atoms with E-state index in [0.29, 0.717) is 27.1 Å². The molecule has 7 nitrogen and oxygen atoms in total. The van der Waals surface area contributed by atoms with E-state index >= 15 is 0 Å². The molecule has 0 fully saturated rings. The van der Waals surface area contributed by atoms with Crippen molar-refractivity contribution in [3.8, 4) is 11.5 Å². The summed E-state index contributed by atoms with van der Waals surface area (Å²) in [6.45, 7) is 4.17. The molecule has 9 heteroatoms. The Hall–Kier alpha value is -2.78. The van der Waals surface area contributed by atoms with Crippen LogP contribution < -0.4 is 14.3 Å². The number of carbonyl (C=O) groups is 2. The lowest BCUT2D eigenvalue weighted by molar-refractivity contribution is -0.141. The number of ether oxygens (including phenoxy) is 3. The van der Waals surface area contributed by atoms with Gasteiger partial charge in [-0.15, -0.1) is 11.8 Å². The van der Waals surface area contributed by atoms with Crippen LogP contribution in [-0.4, -0.2) is 43.0 Å². The Morgan fingerprint density at radius 2 is 1.69 bits per heavy atom. The number of thioether (sulfide) groups is 1. The summed E-state index contributed by atoms with van der Waals surface area (Å²) < 4.78 is 18.2. The molecule has 0 aliphatic heterocycles. The fraction of sp³-hybridized carbons (Fsp3) is 0.348. The largest absolute Gasteiger partial charge is 0.495 e. The molecule has 170 valence electrons. The molecular formula is C23H26N2O5S2. The van der Waals surface area contributed by atoms with Crippen molar-refractivity contribution in [2.24, 2.45) is 4.99 Å². The lowest BCUT2D eigenvalue weighted by atomic mass is 10.1. The summed E-state index contributed by atoms with van der Waals surface area (Å²) in [5, 5.41) is 0.490. The first-order valence-corrected chi connectivity index (χ1v) is 11.7. The van der Waals surface area contributed by atoms with Gasteiger partial charge in [-0.2, -0.15) is 4.99 Å². The van der Waals surface area contributed by atoms with E-state index in [1.807, 2.05) is 24.3 Å². The Labute approximate surface area is 195 Å². The highest BCUT2D eigenvalue weighted by molar-refractivity contribution is 7.99. The number of carbonyl (C=O) groups excluding carboxylic acids is 2. The van der Waals surface area contributed by atoms with Crippen LogP contribution in [0.5, 0.6) is 11.5 Å². The Morgan fingerprint density at radius 1 is 1.03 bits per heavy atom. The average Bonchev–Trinajstić information content (AvgIpc) is 3.11. The maximum Gasteiger partial charge on any atom is 0.325 e. The zero-order chi connectivity index (χ0) is 23.3. The van der Waals surface area contributed by atoms with Gasteiger partial charge in [-0.05, 0) is 29.8 Å². The van der Waals surface area contributed by atoms with Crippen LogP contribution >= 0.6 is 23.1 Å². The minimum Gasteiger partial charge on any atom is -0.495 e. The van der Waals surface area contributed by atoms with Gasteiger partial charge in [0, 0.05) is 10.1 Å². The second-order valence-electron chi connectivity index (χ2n) is 7.19. The summed E-state index contributed by atoms with van der Waals surface area (Å²) in [7, 11) is 4.43. The zero-order valence-electron chi connectivity index (χ0n) is 18.7. The summed E-state index contributed by atoms with van der Waals surface area (Å²) in [4.78, 5) is 30.7. The van der Waals surface area contributed by atoms with Crippen molar-refractivity contribution in [1.82, 2.24) is 4.57 Å². The van der Waals surface area contributed by atoms with Crippen molar-refractivity contribution in [3.63, 3.8) is 0 Å². The normalized spacial score (nSPS) is 11.8. The summed E-state index contributed by atoms with van der Waals surface area (Å²) >= 11 is 3.03. The highest BCUT2D eigenvalue weighted by atomic mass is 32.2. The monoisotopic (exact) mass is 474 g/mol. The Kier molecular flexibility index (Phi) is 7.98. The average molecular weight is 475 g/mol. The molecule has 0 bridgehead atoms. The maximum absolute atomic E-state index is 12.8. The van der Waals surface area contributed by atoms with Crippen LogP contribution in [0.1, 0.15) is 19.4 Å². The summed E-state index contributed by atoms with van der Waals surface area (Å²) in [6.07, 6.45) is 0.160. The van der Waals surface area contributed by atoms with E-state index < -0.39 is 5.97 Å². The van der Waals surface area contributed by atoms with Gasteiger partial charge in [0.1, 0.15) is 28.3 Å². The van der Waals surface area contributed by atoms with Crippen LogP contribution in [0.2, 0.25) is 0 Å². The molecule has 0 atom stereocenters. The third kappa shape index (κ3) is 5.52. The predicted molar refractivity (Wildman–Crippen MR) is 127 cm³/mol. The number of thiazole rings is 1. The summed E-state index contributed by atoms with van der Waals surface area (Å²) in [5.74, 6) is 0.392. The van der Waals surface area contributed by atoms with E-state index in [0.717, 1.165) is 15.2 Å². The van der Waals surface area contributed by atoms with Gasteiger partial charge in [-0.25, -0.2) is 0 Å². The second kappa shape index (κ2) is 10.7. The lowest BCUT2D eigenvalue weighted by Crippen LogP contribution is -2.23. The van der Waals surface area contributed by atoms with Crippen LogP contribution in [-0.2, 0) is 27.3 Å². The lowest BCUT2D eigenvalue weighted by Gasteiger charge is -2.09. The van der Waals surface area contributed by atoms with Crippen molar-refractivity contribution < 1.29 is 23.8 Å². The van der Waals surface area contributed by atoms with E-state index in [-0.39, 0.29) is 18.9 Å². The fourth-order valence-corrected chi connectivity index (χ4v) is 5.15. The second-order valence-corrected chi connectivity index (χ2v) is 9.82. The van der Waals surface area contributed by atoms with Crippen molar-refractivity contribution in [1.29, 1.82) is 0 Å². The van der Waals surface area contributed by atoms with E-state index in [4.69, 9.17) is 14.2 Å². The van der Waals surface area contributed by atoms with Crippen LogP contribution in [0.4, 0.5) is 0 Å². The van der Waals surface area contributed by atoms with E-state index in [1.54, 1.807) is 42.7 Å². The molecule has 0 unspecified atom stereocenters. The van der Waals surface area contributed by atoms with E-state index in [9.17, 15) is 9.59 Å². The van der Waals surface area contributed by atoms with Crippen LogP contribution in [0.3, 0.4) is 0 Å². The van der Waals surface area contributed by atoms with Gasteiger partial charge in [-0.3, -0.25) is 9.59 Å². The number of fused-ring (bicyclic) bond motifs is 1. The van der Waals surface area contributed by atoms with Gasteiger partial charge >= 0.3 is 5.97 Å². The number of aromatic nitrogens is 1. The molecular weight excluding hydrogens is 448 g/mol. The Balaban J connectivity index is 2.01. The Bertz CT molecular complexity index is 1180. The standard InChI is InChI=1S/C23H26N2O5S2/c1-14(2)31-16-8-6-15(7-9-16)12-19(26)24-23-25(13-20(27)30-5)21-17(28-3)10-11-18(29-4)22(21)32-23/h6-11,14H,12-13H2,1-5H3. The van der Waals surface area contributed by atoms with Gasteiger partial charge < -0.3 is 18.8 Å². The fourth-order valence-electron chi connectivity index (χ4n) is 3.16. The number of amides is 1. The van der Waals surface area contributed by atoms with Crippen molar-refractivity contribution >= 4 is 45.2 Å². The van der Waals surface area contributed by atoms with Crippen molar-refractivity contribution in [3.05, 3.63) is 46.8 Å². The molecule has 3 aromatic rings.